The second kappa shape index (κ2) is 11.3. The van der Waals surface area contributed by atoms with Crippen LogP contribution in [0.5, 0.6) is 0 Å². The van der Waals surface area contributed by atoms with Crippen LogP contribution in [0.25, 0.3) is 10.9 Å². The van der Waals surface area contributed by atoms with E-state index in [-0.39, 0.29) is 18.4 Å². The molecule has 1 heterocycles. The first-order chi connectivity index (χ1) is 15.5. The van der Waals surface area contributed by atoms with E-state index in [0.717, 1.165) is 28.5 Å². The van der Waals surface area contributed by atoms with E-state index < -0.39 is 18.1 Å². The highest BCUT2D eigenvalue weighted by Crippen LogP contribution is 2.19. The molecule has 0 saturated heterocycles. The van der Waals surface area contributed by atoms with Crippen LogP contribution < -0.4 is 16.0 Å². The van der Waals surface area contributed by atoms with Gasteiger partial charge in [-0.1, -0.05) is 68.8 Å². The Balaban J connectivity index is 1.61. The molecule has 3 amide bonds. The average molecular weight is 437 g/mol. The Labute approximate surface area is 188 Å². The number of aromatic amines is 1. The number of carbonyl (C=O) groups excluding carboxylic acids is 2. The molecule has 2 aromatic carbocycles. The molecule has 5 N–H and O–H groups in total. The largest absolute Gasteiger partial charge is 0.394 e. The fraction of sp³-hybridized carbons (Fsp3) is 0.360. The Morgan fingerprint density at radius 3 is 2.47 bits per heavy atom. The molecule has 0 saturated carbocycles. The number of H-pyrrole nitrogens is 1. The fourth-order valence-electron chi connectivity index (χ4n) is 3.69. The van der Waals surface area contributed by atoms with E-state index >= 15 is 0 Å². The first-order valence-corrected chi connectivity index (χ1v) is 11.1. The molecule has 7 nitrogen and oxygen atoms in total. The highest BCUT2D eigenvalue weighted by Gasteiger charge is 2.27. The minimum Gasteiger partial charge on any atom is -0.394 e. The lowest BCUT2D eigenvalue weighted by Crippen LogP contribution is -2.55. The number of aromatic nitrogens is 1. The number of aliphatic hydroxyl groups excluding tert-OH is 1. The first-order valence-electron chi connectivity index (χ1n) is 11.1. The zero-order chi connectivity index (χ0) is 22.9. The van der Waals surface area contributed by atoms with Crippen molar-refractivity contribution in [3.63, 3.8) is 0 Å². The summed E-state index contributed by atoms with van der Waals surface area (Å²) in [7, 11) is 0. The summed E-state index contributed by atoms with van der Waals surface area (Å²) in [5.74, 6) is -0.363. The molecule has 3 rings (SSSR count). The Bertz CT molecular complexity index is 1020. The molecular weight excluding hydrogens is 404 g/mol. The van der Waals surface area contributed by atoms with Crippen LogP contribution in [0.4, 0.5) is 4.79 Å². The summed E-state index contributed by atoms with van der Waals surface area (Å²) in [4.78, 5) is 28.7. The highest BCUT2D eigenvalue weighted by atomic mass is 16.3. The molecule has 1 unspecified atom stereocenters. The van der Waals surface area contributed by atoms with Crippen LogP contribution in [0.3, 0.4) is 0 Å². The van der Waals surface area contributed by atoms with E-state index in [4.69, 9.17) is 0 Å². The van der Waals surface area contributed by atoms with E-state index in [1.54, 1.807) is 0 Å². The maximum atomic E-state index is 13.0. The van der Waals surface area contributed by atoms with E-state index in [1.807, 2.05) is 74.6 Å². The van der Waals surface area contributed by atoms with Crippen LogP contribution in [-0.2, 0) is 17.8 Å². The van der Waals surface area contributed by atoms with Gasteiger partial charge in [0.25, 0.3) is 0 Å². The standard InChI is InChI=1S/C25H32N4O3/c1-3-17(2)23(29-25(32)27-14-18-9-5-4-6-10-18)24(31)28-20(16-30)13-19-15-26-22-12-8-7-11-21(19)22/h4-12,15,17,20,23,26,30H,3,13-14,16H2,1-2H3,(H,28,31)(H2,27,29,32)/t17?,20-,23-/m0/s1. The van der Waals surface area contributed by atoms with Gasteiger partial charge in [-0.05, 0) is 29.5 Å². The third-order valence-electron chi connectivity index (χ3n) is 5.79. The molecule has 1 aromatic heterocycles. The van der Waals surface area contributed by atoms with Crippen molar-refractivity contribution in [1.82, 2.24) is 20.9 Å². The van der Waals surface area contributed by atoms with Crippen LogP contribution in [0, 0.1) is 5.92 Å². The van der Waals surface area contributed by atoms with Gasteiger partial charge in [0, 0.05) is 23.6 Å². The normalized spacial score (nSPS) is 13.8. The summed E-state index contributed by atoms with van der Waals surface area (Å²) >= 11 is 0. The summed E-state index contributed by atoms with van der Waals surface area (Å²) in [6.07, 6.45) is 3.11. The lowest BCUT2D eigenvalue weighted by atomic mass is 9.97. The Morgan fingerprint density at radius 1 is 1.03 bits per heavy atom. The quantitative estimate of drug-likeness (QED) is 0.337. The van der Waals surface area contributed by atoms with E-state index in [1.165, 1.54) is 0 Å². The molecule has 0 aliphatic heterocycles. The van der Waals surface area contributed by atoms with E-state index in [0.29, 0.717) is 13.0 Å². The fourth-order valence-corrected chi connectivity index (χ4v) is 3.69. The van der Waals surface area contributed by atoms with Crippen LogP contribution in [0.15, 0.2) is 60.8 Å². The smallest absolute Gasteiger partial charge is 0.315 e. The van der Waals surface area contributed by atoms with Crippen molar-refractivity contribution in [2.45, 2.75) is 45.3 Å². The average Bonchev–Trinajstić information content (AvgIpc) is 3.23. The van der Waals surface area contributed by atoms with Gasteiger partial charge in [-0.15, -0.1) is 0 Å². The summed E-state index contributed by atoms with van der Waals surface area (Å²) in [5, 5.41) is 19.5. The number of para-hydroxylation sites is 1. The van der Waals surface area contributed by atoms with Gasteiger partial charge in [-0.25, -0.2) is 4.79 Å². The van der Waals surface area contributed by atoms with Crippen molar-refractivity contribution in [3.05, 3.63) is 71.9 Å². The van der Waals surface area contributed by atoms with Crippen LogP contribution in [0.2, 0.25) is 0 Å². The lowest BCUT2D eigenvalue weighted by molar-refractivity contribution is -0.125. The molecule has 3 aromatic rings. The van der Waals surface area contributed by atoms with Gasteiger partial charge in [-0.3, -0.25) is 4.79 Å². The van der Waals surface area contributed by atoms with Crippen molar-refractivity contribution < 1.29 is 14.7 Å². The molecule has 3 atom stereocenters. The van der Waals surface area contributed by atoms with Gasteiger partial charge in [-0.2, -0.15) is 0 Å². The number of hydrogen-bond acceptors (Lipinski definition) is 3. The Kier molecular flexibility index (Phi) is 8.27. The minimum atomic E-state index is -0.701. The number of urea groups is 1. The molecule has 170 valence electrons. The van der Waals surface area contributed by atoms with Gasteiger partial charge in [0.1, 0.15) is 6.04 Å². The second-order valence-electron chi connectivity index (χ2n) is 8.13. The zero-order valence-electron chi connectivity index (χ0n) is 18.6. The van der Waals surface area contributed by atoms with E-state index in [2.05, 4.69) is 20.9 Å². The SMILES string of the molecule is CCC(C)[C@H](NC(=O)NCc1ccccc1)C(=O)N[C@H](CO)Cc1c[nH]c2ccccc12. The molecule has 0 fully saturated rings. The monoisotopic (exact) mass is 436 g/mol. The summed E-state index contributed by atoms with van der Waals surface area (Å²) in [5.41, 5.74) is 3.01. The summed E-state index contributed by atoms with van der Waals surface area (Å²) in [6, 6.07) is 16.0. The van der Waals surface area contributed by atoms with Crippen molar-refractivity contribution in [3.8, 4) is 0 Å². The molecular formula is C25H32N4O3. The predicted octanol–water partition coefficient (Wildman–Crippen LogP) is 3.10. The molecule has 7 heteroatoms. The van der Waals surface area contributed by atoms with Crippen molar-refractivity contribution in [2.24, 2.45) is 5.92 Å². The molecule has 0 aliphatic rings. The van der Waals surface area contributed by atoms with Gasteiger partial charge in [0.05, 0.1) is 12.6 Å². The predicted molar refractivity (Wildman–Crippen MR) is 126 cm³/mol. The molecule has 0 bridgehead atoms. The zero-order valence-corrected chi connectivity index (χ0v) is 18.6. The number of benzene rings is 2. The molecule has 0 radical (unpaired) electrons. The summed E-state index contributed by atoms with van der Waals surface area (Å²) in [6.45, 7) is 4.08. The highest BCUT2D eigenvalue weighted by molar-refractivity contribution is 5.88. The second-order valence-corrected chi connectivity index (χ2v) is 8.13. The number of nitrogens with one attached hydrogen (secondary N) is 4. The van der Waals surface area contributed by atoms with Gasteiger partial charge >= 0.3 is 6.03 Å². The van der Waals surface area contributed by atoms with Crippen molar-refractivity contribution in [2.75, 3.05) is 6.61 Å². The lowest BCUT2D eigenvalue weighted by Gasteiger charge is -2.26. The molecule has 0 spiro atoms. The van der Waals surface area contributed by atoms with Gasteiger partial charge < -0.3 is 26.0 Å². The number of carbonyl (C=O) groups is 2. The minimum absolute atomic E-state index is 0.0649. The van der Waals surface area contributed by atoms with Gasteiger partial charge in [0.2, 0.25) is 5.91 Å². The van der Waals surface area contributed by atoms with Crippen LogP contribution in [-0.4, -0.2) is 40.7 Å². The number of aliphatic hydroxyl groups is 1. The van der Waals surface area contributed by atoms with Crippen molar-refractivity contribution >= 4 is 22.8 Å². The topological polar surface area (TPSA) is 106 Å². The first kappa shape index (κ1) is 23.3. The Hall–Kier alpha value is -3.32. The third-order valence-corrected chi connectivity index (χ3v) is 5.79. The van der Waals surface area contributed by atoms with Crippen molar-refractivity contribution in [1.29, 1.82) is 0 Å². The van der Waals surface area contributed by atoms with Crippen LogP contribution >= 0.6 is 0 Å². The Morgan fingerprint density at radius 2 is 1.75 bits per heavy atom. The number of hydrogen-bond donors (Lipinski definition) is 5. The maximum Gasteiger partial charge on any atom is 0.315 e. The van der Waals surface area contributed by atoms with Gasteiger partial charge in [0.15, 0.2) is 0 Å². The van der Waals surface area contributed by atoms with Crippen LogP contribution in [0.1, 0.15) is 31.4 Å². The van der Waals surface area contributed by atoms with E-state index in [9.17, 15) is 14.7 Å². The number of fused-ring (bicyclic) bond motifs is 1. The molecule has 0 aliphatic carbocycles. The number of rotatable bonds is 10. The number of amides is 3. The molecule has 32 heavy (non-hydrogen) atoms. The maximum absolute atomic E-state index is 13.0. The summed E-state index contributed by atoms with van der Waals surface area (Å²) < 4.78 is 0. The third kappa shape index (κ3) is 6.11.